The molecule has 1 aromatic carbocycles. The van der Waals surface area contributed by atoms with Gasteiger partial charge in [-0.25, -0.2) is 4.79 Å². The molecule has 0 aromatic heterocycles. The minimum atomic E-state index is -0.808. The molecule has 1 aromatic rings. The Balaban J connectivity index is 2.51. The number of carbonyl (C=O) groups excluding carboxylic acids is 1. The average molecular weight is 295 g/mol. The highest BCUT2D eigenvalue weighted by molar-refractivity contribution is 5.87. The van der Waals surface area contributed by atoms with Gasteiger partial charge in [-0.2, -0.15) is 0 Å². The number of urea groups is 1. The van der Waals surface area contributed by atoms with E-state index in [9.17, 15) is 9.90 Å². The van der Waals surface area contributed by atoms with Crippen LogP contribution in [-0.4, -0.2) is 37.0 Å². The van der Waals surface area contributed by atoms with Crippen molar-refractivity contribution >= 4 is 11.7 Å². The van der Waals surface area contributed by atoms with Crippen LogP contribution in [0.3, 0.4) is 0 Å². The molecule has 2 atom stereocenters. The lowest BCUT2D eigenvalue weighted by atomic mass is 10.0. The van der Waals surface area contributed by atoms with Gasteiger partial charge in [0.1, 0.15) is 0 Å². The fourth-order valence-corrected chi connectivity index (χ4v) is 1.90. The lowest BCUT2D eigenvalue weighted by Gasteiger charge is -2.26. The number of methoxy groups -OCH3 is 1. The third kappa shape index (κ3) is 6.57. The van der Waals surface area contributed by atoms with Crippen molar-refractivity contribution in [2.75, 3.05) is 25.6 Å². The van der Waals surface area contributed by atoms with Gasteiger partial charge in [0.15, 0.2) is 0 Å². The third-order valence-electron chi connectivity index (χ3n) is 3.31. The van der Waals surface area contributed by atoms with E-state index in [-0.39, 0.29) is 6.04 Å². The maximum atomic E-state index is 10.7. The van der Waals surface area contributed by atoms with Crippen LogP contribution in [0.25, 0.3) is 0 Å². The van der Waals surface area contributed by atoms with Crippen molar-refractivity contribution < 1.29 is 14.6 Å². The Labute approximate surface area is 125 Å². The number of ether oxygens (including phenoxy) is 1. The molecule has 0 aliphatic heterocycles. The topological polar surface area (TPSA) is 96.6 Å². The average Bonchev–Trinajstić information content (AvgIpc) is 2.43. The van der Waals surface area contributed by atoms with Crippen LogP contribution in [0.1, 0.15) is 31.9 Å². The lowest BCUT2D eigenvalue weighted by molar-refractivity contribution is 0.0231. The number of nitrogens with one attached hydrogen (secondary N) is 2. The molecule has 5 N–H and O–H groups in total. The van der Waals surface area contributed by atoms with Crippen molar-refractivity contribution in [2.45, 2.75) is 31.9 Å². The molecule has 0 saturated heterocycles. The molecule has 0 radical (unpaired) electrons. The monoisotopic (exact) mass is 295 g/mol. The number of aliphatic hydroxyl groups is 1. The van der Waals surface area contributed by atoms with Crippen LogP contribution in [0.4, 0.5) is 10.5 Å². The Morgan fingerprint density at radius 1 is 1.43 bits per heavy atom. The number of hydrogen-bond donors (Lipinski definition) is 4. The van der Waals surface area contributed by atoms with Crippen LogP contribution < -0.4 is 16.4 Å². The second kappa shape index (κ2) is 7.97. The summed E-state index contributed by atoms with van der Waals surface area (Å²) in [6.45, 7) is 4.80. The van der Waals surface area contributed by atoms with Gasteiger partial charge in [0.05, 0.1) is 5.60 Å². The van der Waals surface area contributed by atoms with Crippen LogP contribution in [0.5, 0.6) is 0 Å². The minimum absolute atomic E-state index is 0.0849. The first-order valence-electron chi connectivity index (χ1n) is 6.95. The molecule has 0 saturated carbocycles. The SMILES string of the molecule is COCCC(C)(O)CNC(C)c1ccc(NC(N)=O)cc1. The van der Waals surface area contributed by atoms with Gasteiger partial charge < -0.3 is 26.2 Å². The van der Waals surface area contributed by atoms with E-state index in [1.807, 2.05) is 19.1 Å². The molecule has 0 aliphatic rings. The fraction of sp³-hybridized carbons (Fsp3) is 0.533. The highest BCUT2D eigenvalue weighted by Crippen LogP contribution is 2.17. The quantitative estimate of drug-likeness (QED) is 0.586. The Kier molecular flexibility index (Phi) is 6.61. The molecular weight excluding hydrogens is 270 g/mol. The summed E-state index contributed by atoms with van der Waals surface area (Å²) in [6.07, 6.45) is 0.574. The molecule has 2 unspecified atom stereocenters. The zero-order valence-electron chi connectivity index (χ0n) is 12.8. The van der Waals surface area contributed by atoms with Crippen LogP contribution in [0.2, 0.25) is 0 Å². The van der Waals surface area contributed by atoms with Crippen LogP contribution in [0.15, 0.2) is 24.3 Å². The van der Waals surface area contributed by atoms with Crippen molar-refractivity contribution in [3.63, 3.8) is 0 Å². The van der Waals surface area contributed by atoms with E-state index in [1.165, 1.54) is 0 Å². The van der Waals surface area contributed by atoms with Gasteiger partial charge in [0.2, 0.25) is 0 Å². The predicted octanol–water partition coefficient (Wildman–Crippen LogP) is 1.62. The smallest absolute Gasteiger partial charge is 0.316 e. The van der Waals surface area contributed by atoms with Gasteiger partial charge in [-0.15, -0.1) is 0 Å². The van der Waals surface area contributed by atoms with Gasteiger partial charge in [-0.3, -0.25) is 0 Å². The summed E-state index contributed by atoms with van der Waals surface area (Å²) >= 11 is 0. The molecule has 0 spiro atoms. The number of primary amides is 1. The van der Waals surface area contributed by atoms with Gasteiger partial charge in [0, 0.05) is 38.4 Å². The van der Waals surface area contributed by atoms with E-state index in [0.717, 1.165) is 5.56 Å². The number of anilines is 1. The van der Waals surface area contributed by atoms with Crippen LogP contribution >= 0.6 is 0 Å². The van der Waals surface area contributed by atoms with Crippen molar-refractivity contribution in [2.24, 2.45) is 5.73 Å². The molecule has 0 bridgehead atoms. The first kappa shape index (κ1) is 17.4. The second-order valence-corrected chi connectivity index (χ2v) is 5.45. The van der Waals surface area contributed by atoms with Crippen molar-refractivity contribution in [1.82, 2.24) is 5.32 Å². The van der Waals surface area contributed by atoms with Gasteiger partial charge in [-0.1, -0.05) is 12.1 Å². The number of hydrogen-bond acceptors (Lipinski definition) is 4. The highest BCUT2D eigenvalue weighted by atomic mass is 16.5. The molecule has 6 nitrogen and oxygen atoms in total. The lowest BCUT2D eigenvalue weighted by Crippen LogP contribution is -2.39. The van der Waals surface area contributed by atoms with E-state index in [2.05, 4.69) is 10.6 Å². The summed E-state index contributed by atoms with van der Waals surface area (Å²) in [5.74, 6) is 0. The predicted molar refractivity (Wildman–Crippen MR) is 83.2 cm³/mol. The van der Waals surface area contributed by atoms with E-state index >= 15 is 0 Å². The zero-order chi connectivity index (χ0) is 15.9. The summed E-state index contributed by atoms with van der Waals surface area (Å²) < 4.78 is 4.98. The van der Waals surface area contributed by atoms with Crippen molar-refractivity contribution in [3.05, 3.63) is 29.8 Å². The number of carbonyl (C=O) groups is 1. The maximum absolute atomic E-state index is 10.7. The normalized spacial score (nSPS) is 15.2. The Morgan fingerprint density at radius 3 is 2.57 bits per heavy atom. The molecule has 6 heteroatoms. The summed E-state index contributed by atoms with van der Waals surface area (Å²) in [4.78, 5) is 10.7. The fourth-order valence-electron chi connectivity index (χ4n) is 1.90. The van der Waals surface area contributed by atoms with Crippen LogP contribution in [0, 0.1) is 0 Å². The molecule has 21 heavy (non-hydrogen) atoms. The molecular formula is C15H25N3O3. The molecule has 0 aliphatic carbocycles. The second-order valence-electron chi connectivity index (χ2n) is 5.45. The Bertz CT molecular complexity index is 446. The van der Waals surface area contributed by atoms with Gasteiger partial charge in [0.25, 0.3) is 0 Å². The van der Waals surface area contributed by atoms with E-state index < -0.39 is 11.6 Å². The van der Waals surface area contributed by atoms with E-state index in [4.69, 9.17) is 10.5 Å². The highest BCUT2D eigenvalue weighted by Gasteiger charge is 2.20. The largest absolute Gasteiger partial charge is 0.389 e. The first-order chi connectivity index (χ1) is 9.84. The van der Waals surface area contributed by atoms with Crippen molar-refractivity contribution in [3.8, 4) is 0 Å². The van der Waals surface area contributed by atoms with Crippen LogP contribution in [-0.2, 0) is 4.74 Å². The van der Waals surface area contributed by atoms with Gasteiger partial charge >= 0.3 is 6.03 Å². The molecule has 2 amide bonds. The Hall–Kier alpha value is -1.63. The number of nitrogens with two attached hydrogens (primary N) is 1. The first-order valence-corrected chi connectivity index (χ1v) is 6.95. The number of benzene rings is 1. The minimum Gasteiger partial charge on any atom is -0.389 e. The van der Waals surface area contributed by atoms with E-state index in [1.54, 1.807) is 26.2 Å². The standard InChI is InChI=1S/C15H25N3O3/c1-11(17-10-15(2,20)8-9-21-3)12-4-6-13(7-5-12)18-14(16)19/h4-7,11,17,20H,8-10H2,1-3H3,(H3,16,18,19). The van der Waals surface area contributed by atoms with Crippen molar-refractivity contribution in [1.29, 1.82) is 0 Å². The molecule has 0 heterocycles. The van der Waals surface area contributed by atoms with Gasteiger partial charge in [-0.05, 0) is 31.5 Å². The number of amides is 2. The Morgan fingerprint density at radius 2 is 2.05 bits per heavy atom. The zero-order valence-corrected chi connectivity index (χ0v) is 12.8. The summed E-state index contributed by atoms with van der Waals surface area (Å²) in [5, 5.41) is 16.0. The maximum Gasteiger partial charge on any atom is 0.316 e. The summed E-state index contributed by atoms with van der Waals surface area (Å²) in [5.41, 5.74) is 5.97. The molecule has 118 valence electrons. The molecule has 0 fully saturated rings. The number of rotatable bonds is 8. The van der Waals surface area contributed by atoms with E-state index in [0.29, 0.717) is 25.3 Å². The molecule has 1 rings (SSSR count). The third-order valence-corrected chi connectivity index (χ3v) is 3.31. The summed E-state index contributed by atoms with van der Waals surface area (Å²) in [6, 6.07) is 6.91. The summed E-state index contributed by atoms with van der Waals surface area (Å²) in [7, 11) is 1.62.